The van der Waals surface area contributed by atoms with Gasteiger partial charge in [-0.25, -0.2) is 0 Å². The zero-order valence-corrected chi connectivity index (χ0v) is 13.8. The number of ether oxygens (including phenoxy) is 2. The zero-order valence-electron chi connectivity index (χ0n) is 13.8. The Labute approximate surface area is 124 Å². The molecule has 3 unspecified atom stereocenters. The molecule has 0 aromatic carbocycles. The van der Waals surface area contributed by atoms with Crippen LogP contribution < -0.4 is 5.73 Å². The van der Waals surface area contributed by atoms with Crippen molar-refractivity contribution in [2.24, 2.45) is 17.1 Å². The smallest absolute Gasteiger partial charge is 0.0690 e. The molecular weight excluding hydrogens is 252 g/mol. The van der Waals surface area contributed by atoms with Gasteiger partial charge < -0.3 is 15.2 Å². The van der Waals surface area contributed by atoms with Gasteiger partial charge in [-0.1, -0.05) is 13.8 Å². The normalized spacial score (nSPS) is 36.0. The van der Waals surface area contributed by atoms with Crippen molar-refractivity contribution in [2.75, 3.05) is 33.4 Å². The molecule has 118 valence electrons. The van der Waals surface area contributed by atoms with Crippen LogP contribution >= 0.6 is 0 Å². The largest absolute Gasteiger partial charge is 0.383 e. The van der Waals surface area contributed by atoms with Gasteiger partial charge in [-0.3, -0.25) is 4.90 Å². The summed E-state index contributed by atoms with van der Waals surface area (Å²) in [5, 5.41) is 0. The van der Waals surface area contributed by atoms with Crippen LogP contribution in [0.2, 0.25) is 0 Å². The van der Waals surface area contributed by atoms with Crippen LogP contribution in [-0.4, -0.2) is 56.0 Å². The van der Waals surface area contributed by atoms with Crippen molar-refractivity contribution in [1.82, 2.24) is 4.90 Å². The van der Waals surface area contributed by atoms with Crippen LogP contribution in [0.3, 0.4) is 0 Å². The van der Waals surface area contributed by atoms with E-state index in [0.29, 0.717) is 18.1 Å². The van der Waals surface area contributed by atoms with E-state index in [2.05, 4.69) is 32.6 Å². The molecule has 0 radical (unpaired) electrons. The van der Waals surface area contributed by atoms with Crippen molar-refractivity contribution in [1.29, 1.82) is 0 Å². The summed E-state index contributed by atoms with van der Waals surface area (Å²) < 4.78 is 11.2. The van der Waals surface area contributed by atoms with E-state index in [1.54, 1.807) is 7.11 Å². The average Bonchev–Trinajstić information content (AvgIpc) is 2.42. The molecule has 4 nitrogen and oxygen atoms in total. The second kappa shape index (κ2) is 5.91. The molecule has 1 saturated carbocycles. The topological polar surface area (TPSA) is 47.7 Å². The van der Waals surface area contributed by atoms with Gasteiger partial charge in [0.1, 0.15) is 0 Å². The van der Waals surface area contributed by atoms with Crippen molar-refractivity contribution in [2.45, 2.75) is 58.2 Å². The van der Waals surface area contributed by atoms with Gasteiger partial charge in [0.05, 0.1) is 12.7 Å². The molecule has 4 heteroatoms. The summed E-state index contributed by atoms with van der Waals surface area (Å²) in [6, 6.07) is 0.491. The molecule has 2 fully saturated rings. The first-order valence-corrected chi connectivity index (χ1v) is 7.98. The van der Waals surface area contributed by atoms with Crippen LogP contribution in [0.4, 0.5) is 0 Å². The quantitative estimate of drug-likeness (QED) is 0.809. The van der Waals surface area contributed by atoms with Crippen molar-refractivity contribution < 1.29 is 9.47 Å². The van der Waals surface area contributed by atoms with E-state index in [0.717, 1.165) is 32.7 Å². The number of nitrogens with two attached hydrogens (primary N) is 1. The summed E-state index contributed by atoms with van der Waals surface area (Å²) in [5.41, 5.74) is 6.79. The molecule has 1 heterocycles. The summed E-state index contributed by atoms with van der Waals surface area (Å²) in [6.45, 7) is 12.6. The molecule has 0 spiro atoms. The first-order chi connectivity index (χ1) is 9.34. The van der Waals surface area contributed by atoms with Crippen molar-refractivity contribution in [3.05, 3.63) is 0 Å². The lowest BCUT2D eigenvalue weighted by atomic mass is 9.46. The molecule has 3 atom stereocenters. The minimum atomic E-state index is -0.143. The molecule has 1 saturated heterocycles. The van der Waals surface area contributed by atoms with E-state index in [1.165, 1.54) is 6.42 Å². The summed E-state index contributed by atoms with van der Waals surface area (Å²) in [5.74, 6) is 0.509. The van der Waals surface area contributed by atoms with Gasteiger partial charge in [0.25, 0.3) is 0 Å². The van der Waals surface area contributed by atoms with Crippen LogP contribution in [0.25, 0.3) is 0 Å². The zero-order chi connectivity index (χ0) is 15.0. The summed E-state index contributed by atoms with van der Waals surface area (Å²) in [7, 11) is 1.76. The van der Waals surface area contributed by atoms with Gasteiger partial charge in [0.2, 0.25) is 0 Å². The number of rotatable bonds is 6. The molecule has 0 aromatic rings. The van der Waals surface area contributed by atoms with Gasteiger partial charge in [-0.05, 0) is 26.7 Å². The van der Waals surface area contributed by atoms with Gasteiger partial charge in [0.15, 0.2) is 0 Å². The number of methoxy groups -OCH3 is 1. The van der Waals surface area contributed by atoms with E-state index in [1.807, 2.05) is 0 Å². The molecule has 0 bridgehead atoms. The van der Waals surface area contributed by atoms with Gasteiger partial charge >= 0.3 is 0 Å². The SMILES string of the molecule is COCCN(CC1(N)C2CCCOC2C1(C)C)C(C)C. The Kier molecular flexibility index (Phi) is 4.80. The highest BCUT2D eigenvalue weighted by molar-refractivity contribution is 5.21. The van der Waals surface area contributed by atoms with Crippen molar-refractivity contribution in [3.8, 4) is 0 Å². The third-order valence-electron chi connectivity index (χ3n) is 5.67. The molecule has 0 aromatic heterocycles. The lowest BCUT2D eigenvalue weighted by Gasteiger charge is -2.67. The Morgan fingerprint density at radius 2 is 2.10 bits per heavy atom. The number of nitrogens with zero attached hydrogens (tertiary/aromatic N) is 1. The molecule has 20 heavy (non-hydrogen) atoms. The van der Waals surface area contributed by atoms with E-state index in [9.17, 15) is 0 Å². The van der Waals surface area contributed by atoms with E-state index in [4.69, 9.17) is 15.2 Å². The third kappa shape index (κ3) is 2.52. The fourth-order valence-electron chi connectivity index (χ4n) is 4.05. The highest BCUT2D eigenvalue weighted by Crippen LogP contribution is 2.57. The number of hydrogen-bond acceptors (Lipinski definition) is 4. The average molecular weight is 284 g/mol. The van der Waals surface area contributed by atoms with E-state index in [-0.39, 0.29) is 11.0 Å². The standard InChI is InChI=1S/C16H32N2O2/c1-12(2)18(8-10-19-5)11-16(17)13-7-6-9-20-14(13)15(16,3)4/h12-14H,6-11,17H2,1-5H3. The second-order valence-electron chi connectivity index (χ2n) is 7.36. The predicted molar refractivity (Wildman–Crippen MR) is 81.7 cm³/mol. The minimum absolute atomic E-state index is 0.0539. The lowest BCUT2D eigenvalue weighted by Crippen LogP contribution is -2.80. The Hall–Kier alpha value is -0.160. The maximum atomic E-state index is 6.88. The predicted octanol–water partition coefficient (Wildman–Crippen LogP) is 1.88. The van der Waals surface area contributed by atoms with Gasteiger partial charge in [-0.2, -0.15) is 0 Å². The van der Waals surface area contributed by atoms with Crippen LogP contribution in [0.15, 0.2) is 0 Å². The first kappa shape index (κ1) is 16.2. The fourth-order valence-corrected chi connectivity index (χ4v) is 4.05. The molecule has 2 aliphatic rings. The highest BCUT2D eigenvalue weighted by atomic mass is 16.5. The Balaban J connectivity index is 2.08. The summed E-state index contributed by atoms with van der Waals surface area (Å²) in [4.78, 5) is 2.45. The third-order valence-corrected chi connectivity index (χ3v) is 5.67. The minimum Gasteiger partial charge on any atom is -0.383 e. The Bertz CT molecular complexity index is 332. The van der Waals surface area contributed by atoms with Gasteiger partial charge in [0, 0.05) is 49.7 Å². The monoisotopic (exact) mass is 284 g/mol. The van der Waals surface area contributed by atoms with Gasteiger partial charge in [-0.15, -0.1) is 0 Å². The Morgan fingerprint density at radius 3 is 2.70 bits per heavy atom. The maximum absolute atomic E-state index is 6.88. The van der Waals surface area contributed by atoms with Crippen LogP contribution in [0.1, 0.15) is 40.5 Å². The highest BCUT2D eigenvalue weighted by Gasteiger charge is 2.66. The fraction of sp³-hybridized carbons (Fsp3) is 1.00. The van der Waals surface area contributed by atoms with Crippen molar-refractivity contribution in [3.63, 3.8) is 0 Å². The maximum Gasteiger partial charge on any atom is 0.0690 e. The van der Waals surface area contributed by atoms with E-state index < -0.39 is 0 Å². The van der Waals surface area contributed by atoms with Crippen molar-refractivity contribution >= 4 is 0 Å². The molecule has 1 aliphatic carbocycles. The van der Waals surface area contributed by atoms with Crippen LogP contribution in [-0.2, 0) is 9.47 Å². The molecule has 2 rings (SSSR count). The number of fused-ring (bicyclic) bond motifs is 1. The first-order valence-electron chi connectivity index (χ1n) is 7.98. The van der Waals surface area contributed by atoms with E-state index >= 15 is 0 Å². The van der Waals surface area contributed by atoms with Crippen LogP contribution in [0, 0.1) is 11.3 Å². The summed E-state index contributed by atoms with van der Waals surface area (Å²) in [6.07, 6.45) is 2.70. The Morgan fingerprint density at radius 1 is 1.40 bits per heavy atom. The second-order valence-corrected chi connectivity index (χ2v) is 7.36. The van der Waals surface area contributed by atoms with Crippen LogP contribution in [0.5, 0.6) is 0 Å². The molecular formula is C16H32N2O2. The lowest BCUT2D eigenvalue weighted by molar-refractivity contribution is -0.233. The number of hydrogen-bond donors (Lipinski definition) is 1. The molecule has 1 aliphatic heterocycles. The molecule has 2 N–H and O–H groups in total. The molecule has 0 amide bonds. The summed E-state index contributed by atoms with van der Waals surface area (Å²) >= 11 is 0.